The Morgan fingerprint density at radius 2 is 2.55 bits per heavy atom. The topological polar surface area (TPSA) is 68.6 Å². The molecule has 0 spiro atoms. The molecular formula is C6H9N5. The second-order valence-electron chi connectivity index (χ2n) is 2.00. The molecule has 0 fully saturated rings. The third-order valence-corrected chi connectivity index (χ3v) is 1.10. The molecule has 0 aliphatic carbocycles. The maximum atomic E-state index is 5.30. The quantitative estimate of drug-likeness (QED) is 0.455. The van der Waals surface area contributed by atoms with Crippen LogP contribution in [-0.2, 0) is 7.05 Å². The summed E-state index contributed by atoms with van der Waals surface area (Å²) in [7, 11) is 1.80. The Labute approximate surface area is 64.3 Å². The van der Waals surface area contributed by atoms with Crippen molar-refractivity contribution in [1.29, 1.82) is 0 Å². The number of hydrogen-bond acceptors (Lipinski definition) is 2. The molecule has 2 N–H and O–H groups in total. The first-order valence-electron chi connectivity index (χ1n) is 3.02. The molecule has 5 nitrogen and oxygen atoms in total. The second-order valence-corrected chi connectivity index (χ2v) is 2.00. The van der Waals surface area contributed by atoms with Crippen molar-refractivity contribution < 1.29 is 0 Å². The Bertz CT molecular complexity index is 285. The van der Waals surface area contributed by atoms with E-state index in [2.05, 4.69) is 21.8 Å². The minimum atomic E-state index is 0.151. The number of aromatic nitrogens is 2. The van der Waals surface area contributed by atoms with E-state index in [1.54, 1.807) is 24.1 Å². The van der Waals surface area contributed by atoms with Gasteiger partial charge in [0, 0.05) is 7.05 Å². The summed E-state index contributed by atoms with van der Waals surface area (Å²) < 4.78 is 1.63. The molecule has 58 valence electrons. The maximum Gasteiger partial charge on any atom is 0.220 e. The van der Waals surface area contributed by atoms with Gasteiger partial charge in [-0.15, -0.1) is 0 Å². The van der Waals surface area contributed by atoms with E-state index in [1.165, 1.54) is 0 Å². The predicted octanol–water partition coefficient (Wildman–Crippen LogP) is 0.0669. The second kappa shape index (κ2) is 2.96. The van der Waals surface area contributed by atoms with Crippen LogP contribution in [0.25, 0.3) is 0 Å². The van der Waals surface area contributed by atoms with E-state index in [1.807, 2.05) is 0 Å². The van der Waals surface area contributed by atoms with Gasteiger partial charge in [-0.2, -0.15) is 5.10 Å². The minimum Gasteiger partial charge on any atom is -0.368 e. The van der Waals surface area contributed by atoms with Gasteiger partial charge in [-0.1, -0.05) is 0 Å². The lowest BCUT2D eigenvalue weighted by Crippen LogP contribution is -2.05. The summed E-state index contributed by atoms with van der Waals surface area (Å²) in [5.74, 6) is 0.151. The number of aryl methyl sites for hydroxylation is 1. The molecule has 0 aromatic carbocycles. The van der Waals surface area contributed by atoms with E-state index in [0.29, 0.717) is 5.69 Å². The van der Waals surface area contributed by atoms with Gasteiger partial charge in [0.25, 0.3) is 0 Å². The highest BCUT2D eigenvalue weighted by molar-refractivity contribution is 5.84. The van der Waals surface area contributed by atoms with Crippen molar-refractivity contribution in [2.45, 2.75) is 0 Å². The first-order valence-corrected chi connectivity index (χ1v) is 3.02. The van der Waals surface area contributed by atoms with Crippen molar-refractivity contribution >= 4 is 18.4 Å². The fraction of sp³-hybridized carbons (Fsp3) is 0.167. The van der Waals surface area contributed by atoms with Crippen LogP contribution in [0.15, 0.2) is 22.4 Å². The van der Waals surface area contributed by atoms with E-state index in [4.69, 9.17) is 5.73 Å². The van der Waals surface area contributed by atoms with Crippen LogP contribution in [0, 0.1) is 0 Å². The Morgan fingerprint density at radius 3 is 3.00 bits per heavy atom. The smallest absolute Gasteiger partial charge is 0.220 e. The monoisotopic (exact) mass is 151 g/mol. The average Bonchev–Trinajstić information content (AvgIpc) is 2.35. The number of hydrogen-bond donors (Lipinski definition) is 1. The van der Waals surface area contributed by atoms with Crippen molar-refractivity contribution in [2.24, 2.45) is 22.8 Å². The van der Waals surface area contributed by atoms with Gasteiger partial charge in [0.2, 0.25) is 5.96 Å². The molecule has 11 heavy (non-hydrogen) atoms. The van der Waals surface area contributed by atoms with Crippen LogP contribution in [-0.4, -0.2) is 22.5 Å². The summed E-state index contributed by atoms with van der Waals surface area (Å²) in [6, 6.07) is 0. The zero-order chi connectivity index (χ0) is 8.27. The lowest BCUT2D eigenvalue weighted by atomic mass is 10.6. The molecule has 0 unspecified atom stereocenters. The van der Waals surface area contributed by atoms with Crippen LogP contribution in [0.2, 0.25) is 0 Å². The van der Waals surface area contributed by atoms with Gasteiger partial charge in [-0.05, 0) is 6.72 Å². The standard InChI is InChI=1S/C6H9N5/c1-8-6(7)10-5-3-9-11(2)4-5/h3-4H,1H2,2H3,(H2,7,10). The highest BCUT2D eigenvalue weighted by Crippen LogP contribution is 2.07. The molecule has 0 amide bonds. The third-order valence-electron chi connectivity index (χ3n) is 1.10. The lowest BCUT2D eigenvalue weighted by Gasteiger charge is -1.86. The Balaban J connectivity index is 2.86. The van der Waals surface area contributed by atoms with Crippen molar-refractivity contribution in [1.82, 2.24) is 9.78 Å². The van der Waals surface area contributed by atoms with Gasteiger partial charge in [0.1, 0.15) is 5.69 Å². The Morgan fingerprint density at radius 1 is 1.82 bits per heavy atom. The number of rotatable bonds is 1. The van der Waals surface area contributed by atoms with Crippen LogP contribution in [0.3, 0.4) is 0 Å². The predicted molar refractivity (Wildman–Crippen MR) is 44.0 cm³/mol. The molecule has 0 saturated carbocycles. The number of nitrogens with zero attached hydrogens (tertiary/aromatic N) is 4. The molecule has 0 aliphatic heterocycles. The van der Waals surface area contributed by atoms with Crippen LogP contribution < -0.4 is 5.73 Å². The fourth-order valence-corrected chi connectivity index (χ4v) is 0.634. The zero-order valence-electron chi connectivity index (χ0n) is 6.23. The Hall–Kier alpha value is -1.65. The summed E-state index contributed by atoms with van der Waals surface area (Å²) in [6.07, 6.45) is 3.33. The van der Waals surface area contributed by atoms with Gasteiger partial charge in [-0.25, -0.2) is 9.98 Å². The maximum absolute atomic E-state index is 5.30. The zero-order valence-corrected chi connectivity index (χ0v) is 6.23. The Kier molecular flexibility index (Phi) is 2.00. The van der Waals surface area contributed by atoms with Gasteiger partial charge >= 0.3 is 0 Å². The molecule has 1 aromatic heterocycles. The van der Waals surface area contributed by atoms with Gasteiger partial charge in [0.05, 0.1) is 12.4 Å². The first kappa shape index (κ1) is 7.46. The molecule has 0 aliphatic rings. The average molecular weight is 151 g/mol. The summed E-state index contributed by atoms with van der Waals surface area (Å²) in [4.78, 5) is 7.31. The molecule has 1 aromatic rings. The molecule has 0 radical (unpaired) electrons. The van der Waals surface area contributed by atoms with Crippen molar-refractivity contribution in [2.75, 3.05) is 0 Å². The summed E-state index contributed by atoms with van der Waals surface area (Å²) in [5, 5.41) is 3.90. The molecule has 0 bridgehead atoms. The van der Waals surface area contributed by atoms with Crippen molar-refractivity contribution in [3.05, 3.63) is 12.4 Å². The van der Waals surface area contributed by atoms with E-state index in [-0.39, 0.29) is 5.96 Å². The van der Waals surface area contributed by atoms with E-state index < -0.39 is 0 Å². The molecule has 1 rings (SSSR count). The molecule has 0 saturated heterocycles. The summed E-state index contributed by atoms with van der Waals surface area (Å²) in [5.41, 5.74) is 5.98. The number of aliphatic imine (C=N–C) groups is 2. The lowest BCUT2D eigenvalue weighted by molar-refractivity contribution is 0.768. The number of guanidine groups is 1. The largest absolute Gasteiger partial charge is 0.368 e. The molecule has 0 atom stereocenters. The van der Waals surface area contributed by atoms with Crippen molar-refractivity contribution in [3.63, 3.8) is 0 Å². The normalized spacial score (nSPS) is 11.5. The fourth-order valence-electron chi connectivity index (χ4n) is 0.634. The van der Waals surface area contributed by atoms with E-state index in [0.717, 1.165) is 0 Å². The molecule has 1 heterocycles. The van der Waals surface area contributed by atoms with Crippen LogP contribution in [0.5, 0.6) is 0 Å². The minimum absolute atomic E-state index is 0.151. The molecular weight excluding hydrogens is 142 g/mol. The van der Waals surface area contributed by atoms with Gasteiger partial charge in [-0.3, -0.25) is 4.68 Å². The third kappa shape index (κ3) is 1.89. The van der Waals surface area contributed by atoms with Crippen LogP contribution in [0.4, 0.5) is 5.69 Å². The SMILES string of the molecule is C=NC(N)=Nc1cnn(C)c1. The number of nitrogens with two attached hydrogens (primary N) is 1. The van der Waals surface area contributed by atoms with Gasteiger partial charge < -0.3 is 5.73 Å². The molecule has 5 heteroatoms. The highest BCUT2D eigenvalue weighted by atomic mass is 15.3. The van der Waals surface area contributed by atoms with E-state index >= 15 is 0 Å². The summed E-state index contributed by atoms with van der Waals surface area (Å²) in [6.45, 7) is 3.23. The van der Waals surface area contributed by atoms with Crippen LogP contribution >= 0.6 is 0 Å². The van der Waals surface area contributed by atoms with E-state index in [9.17, 15) is 0 Å². The van der Waals surface area contributed by atoms with Crippen molar-refractivity contribution in [3.8, 4) is 0 Å². The first-order chi connectivity index (χ1) is 5.22. The van der Waals surface area contributed by atoms with Crippen LogP contribution in [0.1, 0.15) is 0 Å². The highest BCUT2D eigenvalue weighted by Gasteiger charge is 1.92. The van der Waals surface area contributed by atoms with Gasteiger partial charge in [0.15, 0.2) is 0 Å². The summed E-state index contributed by atoms with van der Waals surface area (Å²) >= 11 is 0.